The van der Waals surface area contributed by atoms with E-state index >= 15 is 0 Å². The average Bonchev–Trinajstić information content (AvgIpc) is 3.44. The molecule has 3 rings (SSSR count). The van der Waals surface area contributed by atoms with Crippen LogP contribution >= 0.6 is 35.3 Å². The molecule has 1 fully saturated rings. The largest absolute Gasteiger partial charge is 0.497 e. The van der Waals surface area contributed by atoms with Crippen LogP contribution in [-0.4, -0.2) is 57.1 Å². The molecular weight excluding hydrogens is 515 g/mol. The van der Waals surface area contributed by atoms with Crippen LogP contribution < -0.4 is 15.4 Å². The molecule has 2 heterocycles. The molecular formula is C21H31IN4O3S. The highest BCUT2D eigenvalue weighted by molar-refractivity contribution is 14.0. The summed E-state index contributed by atoms with van der Waals surface area (Å²) in [7, 11) is 1.67. The molecule has 2 N–H and O–H groups in total. The maximum atomic E-state index is 5.79. The number of aliphatic imine (C=N–C) groups is 1. The van der Waals surface area contributed by atoms with Crippen molar-refractivity contribution in [1.82, 2.24) is 15.6 Å². The molecule has 1 aromatic heterocycles. The highest BCUT2D eigenvalue weighted by Gasteiger charge is 2.15. The van der Waals surface area contributed by atoms with Gasteiger partial charge in [0, 0.05) is 37.2 Å². The first kappa shape index (κ1) is 24.8. The van der Waals surface area contributed by atoms with Crippen molar-refractivity contribution in [1.29, 1.82) is 0 Å². The molecule has 1 aliphatic heterocycles. The van der Waals surface area contributed by atoms with Gasteiger partial charge in [-0.15, -0.1) is 35.3 Å². The number of aromatic nitrogens is 1. The Labute approximate surface area is 199 Å². The van der Waals surface area contributed by atoms with Crippen LogP contribution in [0.5, 0.6) is 5.75 Å². The van der Waals surface area contributed by atoms with Gasteiger partial charge in [0.2, 0.25) is 0 Å². The van der Waals surface area contributed by atoms with Crippen molar-refractivity contribution in [3.8, 4) is 16.3 Å². The standard InChI is InChI=1S/C21H30N4O3S.HI/c1-3-22-21(23-10-4-11-28-19-9-12-27-14-19)24-13-17-15-29-20(25-17)16-5-7-18(26-2)8-6-16;/h5-8,15,19H,3-4,9-14H2,1-2H3,(H2,22,23,24);1H. The van der Waals surface area contributed by atoms with Crippen LogP contribution in [0.4, 0.5) is 0 Å². The van der Waals surface area contributed by atoms with E-state index < -0.39 is 0 Å². The van der Waals surface area contributed by atoms with E-state index in [-0.39, 0.29) is 30.1 Å². The summed E-state index contributed by atoms with van der Waals surface area (Å²) in [6, 6.07) is 7.95. The van der Waals surface area contributed by atoms with Crippen molar-refractivity contribution in [2.45, 2.75) is 32.4 Å². The second-order valence-electron chi connectivity index (χ2n) is 6.70. The summed E-state index contributed by atoms with van der Waals surface area (Å²) in [5.41, 5.74) is 2.05. The van der Waals surface area contributed by atoms with Gasteiger partial charge in [0.15, 0.2) is 5.96 Å². The zero-order chi connectivity index (χ0) is 20.3. The summed E-state index contributed by atoms with van der Waals surface area (Å²) < 4.78 is 16.3. The monoisotopic (exact) mass is 546 g/mol. The number of thiazole rings is 1. The Hall–Kier alpha value is -1.43. The molecule has 0 aliphatic carbocycles. The fraction of sp³-hybridized carbons (Fsp3) is 0.524. The fourth-order valence-electron chi connectivity index (χ4n) is 2.92. The smallest absolute Gasteiger partial charge is 0.191 e. The Balaban J connectivity index is 0.00000320. The first-order valence-electron chi connectivity index (χ1n) is 10.1. The van der Waals surface area contributed by atoms with E-state index in [0.29, 0.717) is 6.54 Å². The third kappa shape index (κ3) is 8.01. The number of ether oxygens (including phenoxy) is 3. The zero-order valence-corrected chi connectivity index (χ0v) is 20.7. The zero-order valence-electron chi connectivity index (χ0n) is 17.6. The van der Waals surface area contributed by atoms with Crippen molar-refractivity contribution in [3.05, 3.63) is 35.3 Å². The molecule has 9 heteroatoms. The summed E-state index contributed by atoms with van der Waals surface area (Å²) in [6.07, 6.45) is 2.20. The average molecular weight is 546 g/mol. The molecule has 1 aromatic carbocycles. The Kier molecular flexibility index (Phi) is 11.4. The van der Waals surface area contributed by atoms with Gasteiger partial charge in [-0.3, -0.25) is 0 Å². The van der Waals surface area contributed by atoms with E-state index in [1.807, 2.05) is 24.3 Å². The van der Waals surface area contributed by atoms with Crippen LogP contribution in [0.25, 0.3) is 10.6 Å². The third-order valence-corrected chi connectivity index (χ3v) is 5.43. The third-order valence-electron chi connectivity index (χ3n) is 4.49. The van der Waals surface area contributed by atoms with Crippen LogP contribution in [0.3, 0.4) is 0 Å². The lowest BCUT2D eigenvalue weighted by Crippen LogP contribution is -2.38. The van der Waals surface area contributed by atoms with E-state index in [4.69, 9.17) is 19.2 Å². The van der Waals surface area contributed by atoms with Crippen molar-refractivity contribution in [2.24, 2.45) is 4.99 Å². The van der Waals surface area contributed by atoms with Crippen LogP contribution in [0.1, 0.15) is 25.5 Å². The van der Waals surface area contributed by atoms with E-state index in [1.165, 1.54) is 0 Å². The quantitative estimate of drug-likeness (QED) is 0.205. The Morgan fingerprint density at radius 1 is 1.30 bits per heavy atom. The molecule has 7 nitrogen and oxygen atoms in total. The highest BCUT2D eigenvalue weighted by Crippen LogP contribution is 2.25. The first-order valence-corrected chi connectivity index (χ1v) is 11.0. The number of nitrogens with zero attached hydrogens (tertiary/aromatic N) is 2. The maximum Gasteiger partial charge on any atom is 0.191 e. The van der Waals surface area contributed by atoms with Crippen LogP contribution in [0.15, 0.2) is 34.6 Å². The summed E-state index contributed by atoms with van der Waals surface area (Å²) in [6.45, 7) is 6.50. The van der Waals surface area contributed by atoms with Gasteiger partial charge in [0.05, 0.1) is 32.1 Å². The summed E-state index contributed by atoms with van der Waals surface area (Å²) >= 11 is 1.63. The van der Waals surface area contributed by atoms with E-state index in [1.54, 1.807) is 18.4 Å². The first-order chi connectivity index (χ1) is 14.3. The number of halogens is 1. The lowest BCUT2D eigenvalue weighted by atomic mass is 10.2. The topological polar surface area (TPSA) is 77.0 Å². The van der Waals surface area contributed by atoms with E-state index in [2.05, 4.69) is 27.9 Å². The molecule has 1 aliphatic rings. The van der Waals surface area contributed by atoms with Gasteiger partial charge in [-0.1, -0.05) is 0 Å². The predicted octanol–water partition coefficient (Wildman–Crippen LogP) is 3.69. The van der Waals surface area contributed by atoms with Crippen molar-refractivity contribution >= 4 is 41.3 Å². The Morgan fingerprint density at radius 3 is 2.83 bits per heavy atom. The molecule has 30 heavy (non-hydrogen) atoms. The second kappa shape index (κ2) is 13.8. The molecule has 1 saturated heterocycles. The molecule has 0 radical (unpaired) electrons. The number of hydrogen-bond acceptors (Lipinski definition) is 6. The van der Waals surface area contributed by atoms with Gasteiger partial charge in [0.25, 0.3) is 0 Å². The van der Waals surface area contributed by atoms with Gasteiger partial charge < -0.3 is 24.8 Å². The second-order valence-corrected chi connectivity index (χ2v) is 7.56. The fourth-order valence-corrected chi connectivity index (χ4v) is 3.74. The molecule has 0 amide bonds. The molecule has 1 atom stereocenters. The Morgan fingerprint density at radius 2 is 2.13 bits per heavy atom. The number of rotatable bonds is 10. The van der Waals surface area contributed by atoms with Gasteiger partial charge in [-0.2, -0.15) is 0 Å². The summed E-state index contributed by atoms with van der Waals surface area (Å²) in [5, 5.41) is 9.68. The Bertz CT molecular complexity index is 764. The molecule has 2 aromatic rings. The molecule has 0 bridgehead atoms. The summed E-state index contributed by atoms with van der Waals surface area (Å²) in [4.78, 5) is 9.36. The van der Waals surface area contributed by atoms with Crippen molar-refractivity contribution in [3.63, 3.8) is 0 Å². The van der Waals surface area contributed by atoms with Gasteiger partial charge in [-0.05, 0) is 44.0 Å². The van der Waals surface area contributed by atoms with Gasteiger partial charge in [0.1, 0.15) is 10.8 Å². The minimum atomic E-state index is 0. The van der Waals surface area contributed by atoms with Crippen LogP contribution in [-0.2, 0) is 16.0 Å². The normalized spacial score (nSPS) is 16.2. The number of hydrogen-bond donors (Lipinski definition) is 2. The molecule has 0 spiro atoms. The highest BCUT2D eigenvalue weighted by atomic mass is 127. The van der Waals surface area contributed by atoms with Gasteiger partial charge in [-0.25, -0.2) is 9.98 Å². The maximum absolute atomic E-state index is 5.79. The lowest BCUT2D eigenvalue weighted by molar-refractivity contribution is 0.0420. The van der Waals surface area contributed by atoms with Gasteiger partial charge >= 0.3 is 0 Å². The molecule has 166 valence electrons. The minimum Gasteiger partial charge on any atom is -0.497 e. The summed E-state index contributed by atoms with van der Waals surface area (Å²) in [5.74, 6) is 1.65. The number of nitrogens with one attached hydrogen (secondary N) is 2. The molecule has 1 unspecified atom stereocenters. The van der Waals surface area contributed by atoms with Crippen molar-refractivity contribution < 1.29 is 14.2 Å². The van der Waals surface area contributed by atoms with E-state index in [0.717, 1.165) is 73.7 Å². The van der Waals surface area contributed by atoms with Crippen molar-refractivity contribution in [2.75, 3.05) is 40.0 Å². The van der Waals surface area contributed by atoms with E-state index in [9.17, 15) is 0 Å². The number of guanidine groups is 1. The minimum absolute atomic E-state index is 0. The number of methoxy groups -OCH3 is 1. The number of benzene rings is 1. The molecule has 0 saturated carbocycles. The van der Waals surface area contributed by atoms with Crippen LogP contribution in [0, 0.1) is 0 Å². The SMILES string of the molecule is CCNC(=NCc1csc(-c2ccc(OC)cc2)n1)NCCCOC1CCOC1.I. The lowest BCUT2D eigenvalue weighted by Gasteiger charge is -2.12. The van der Waals surface area contributed by atoms with Crippen LogP contribution in [0.2, 0.25) is 0 Å². The predicted molar refractivity (Wildman–Crippen MR) is 132 cm³/mol.